The number of benzene rings is 1. The minimum atomic E-state index is -0.386. The van der Waals surface area contributed by atoms with Crippen molar-refractivity contribution in [2.24, 2.45) is 0 Å². The summed E-state index contributed by atoms with van der Waals surface area (Å²) in [6.45, 7) is 8.11. The molecule has 0 radical (unpaired) electrons. The van der Waals surface area contributed by atoms with Gasteiger partial charge in [0.1, 0.15) is 5.75 Å². The van der Waals surface area contributed by atoms with Crippen molar-refractivity contribution in [1.82, 2.24) is 0 Å². The monoisotopic (exact) mass is 249 g/mol. The summed E-state index contributed by atoms with van der Waals surface area (Å²) < 4.78 is 17.1. The highest BCUT2D eigenvalue weighted by atomic mass is 16.7. The van der Waals surface area contributed by atoms with E-state index in [1.54, 1.807) is 7.11 Å². The third kappa shape index (κ3) is 2.08. The van der Waals surface area contributed by atoms with Crippen molar-refractivity contribution in [2.75, 3.05) is 12.8 Å². The van der Waals surface area contributed by atoms with Crippen LogP contribution in [-0.4, -0.2) is 25.4 Å². The Balaban J connectivity index is 2.27. The van der Waals surface area contributed by atoms with Gasteiger partial charge < -0.3 is 19.8 Å². The molecule has 2 N–H and O–H groups in total. The molecule has 4 nitrogen and oxygen atoms in total. The van der Waals surface area contributed by atoms with Gasteiger partial charge in [0.05, 0.1) is 24.0 Å². The number of anilines is 1. The molecular formula is C13H20BNO3. The van der Waals surface area contributed by atoms with Gasteiger partial charge in [0.2, 0.25) is 0 Å². The van der Waals surface area contributed by atoms with Crippen molar-refractivity contribution < 1.29 is 14.0 Å². The summed E-state index contributed by atoms with van der Waals surface area (Å²) in [6, 6.07) is 5.58. The van der Waals surface area contributed by atoms with Crippen LogP contribution in [0.25, 0.3) is 0 Å². The Morgan fingerprint density at radius 2 is 1.67 bits per heavy atom. The average molecular weight is 249 g/mol. The van der Waals surface area contributed by atoms with Crippen molar-refractivity contribution in [3.05, 3.63) is 18.2 Å². The molecule has 18 heavy (non-hydrogen) atoms. The molecule has 1 aliphatic heterocycles. The Labute approximate surface area is 109 Å². The lowest BCUT2D eigenvalue weighted by molar-refractivity contribution is 0.00578. The fourth-order valence-corrected chi connectivity index (χ4v) is 1.88. The van der Waals surface area contributed by atoms with Crippen molar-refractivity contribution in [3.63, 3.8) is 0 Å². The lowest BCUT2D eigenvalue weighted by Gasteiger charge is -2.32. The van der Waals surface area contributed by atoms with E-state index in [4.69, 9.17) is 19.8 Å². The maximum Gasteiger partial charge on any atom is 0.494 e. The van der Waals surface area contributed by atoms with Crippen molar-refractivity contribution in [2.45, 2.75) is 38.9 Å². The quantitative estimate of drug-likeness (QED) is 0.638. The zero-order valence-corrected chi connectivity index (χ0v) is 11.6. The normalized spacial score (nSPS) is 21.1. The third-order valence-electron chi connectivity index (χ3n) is 3.78. The molecule has 5 heteroatoms. The van der Waals surface area contributed by atoms with Crippen LogP contribution in [0.1, 0.15) is 27.7 Å². The standard InChI is InChI=1S/C13H20BNO3/c1-12(2)13(3,4)18-14(17-12)9-6-7-11(16-5)10(15)8-9/h6-8H,15H2,1-5H3. The number of hydrogen-bond acceptors (Lipinski definition) is 4. The van der Waals surface area contributed by atoms with Crippen LogP contribution in [0.5, 0.6) is 5.75 Å². The third-order valence-corrected chi connectivity index (χ3v) is 3.78. The topological polar surface area (TPSA) is 53.7 Å². The maximum absolute atomic E-state index is 5.96. The largest absolute Gasteiger partial charge is 0.495 e. The van der Waals surface area contributed by atoms with Crippen molar-refractivity contribution in [1.29, 1.82) is 0 Å². The van der Waals surface area contributed by atoms with Crippen LogP contribution in [0.2, 0.25) is 0 Å². The second-order valence-electron chi connectivity index (χ2n) is 5.59. The van der Waals surface area contributed by atoms with E-state index in [2.05, 4.69) is 0 Å². The molecule has 0 saturated carbocycles. The molecule has 0 atom stereocenters. The molecule has 0 bridgehead atoms. The molecular weight excluding hydrogens is 229 g/mol. The van der Waals surface area contributed by atoms with Crippen molar-refractivity contribution in [3.8, 4) is 5.75 Å². The Morgan fingerprint density at radius 3 is 2.11 bits per heavy atom. The van der Waals surface area contributed by atoms with Crippen LogP contribution in [0, 0.1) is 0 Å². The second kappa shape index (κ2) is 4.18. The zero-order valence-electron chi connectivity index (χ0n) is 11.6. The van der Waals surface area contributed by atoms with Crippen LogP contribution >= 0.6 is 0 Å². The number of methoxy groups -OCH3 is 1. The second-order valence-corrected chi connectivity index (χ2v) is 5.59. The van der Waals surface area contributed by atoms with Crippen LogP contribution in [-0.2, 0) is 9.31 Å². The molecule has 1 fully saturated rings. The van der Waals surface area contributed by atoms with Gasteiger partial charge in [0.15, 0.2) is 0 Å². The summed E-state index contributed by atoms with van der Waals surface area (Å²) in [5.41, 5.74) is 6.71. The molecule has 1 saturated heterocycles. The van der Waals surface area contributed by atoms with E-state index in [9.17, 15) is 0 Å². The van der Waals surface area contributed by atoms with E-state index in [1.165, 1.54) is 0 Å². The number of hydrogen-bond donors (Lipinski definition) is 1. The predicted molar refractivity (Wildman–Crippen MR) is 73.1 cm³/mol. The molecule has 2 rings (SSSR count). The number of nitrogen functional groups attached to an aromatic ring is 1. The first kappa shape index (κ1) is 13.2. The van der Waals surface area contributed by atoms with E-state index in [0.717, 1.165) is 5.46 Å². The van der Waals surface area contributed by atoms with Gasteiger partial charge >= 0.3 is 7.12 Å². The highest BCUT2D eigenvalue weighted by Gasteiger charge is 2.51. The number of ether oxygens (including phenoxy) is 1. The first-order valence-corrected chi connectivity index (χ1v) is 6.06. The molecule has 0 unspecified atom stereocenters. The predicted octanol–water partition coefficient (Wildman–Crippen LogP) is 1.58. The molecule has 0 aromatic heterocycles. The SMILES string of the molecule is COc1ccc(B2OC(C)(C)C(C)(C)O2)cc1N. The lowest BCUT2D eigenvalue weighted by Crippen LogP contribution is -2.41. The van der Waals surface area contributed by atoms with Gasteiger partial charge in [-0.05, 0) is 45.3 Å². The van der Waals surface area contributed by atoms with Gasteiger partial charge in [-0.3, -0.25) is 0 Å². The Kier molecular flexibility index (Phi) is 3.07. The smallest absolute Gasteiger partial charge is 0.494 e. The van der Waals surface area contributed by atoms with E-state index in [0.29, 0.717) is 11.4 Å². The van der Waals surface area contributed by atoms with Crippen molar-refractivity contribution >= 4 is 18.3 Å². The first-order chi connectivity index (χ1) is 8.27. The number of nitrogens with two attached hydrogens (primary N) is 1. The molecule has 0 spiro atoms. The summed E-state index contributed by atoms with van der Waals surface area (Å²) in [4.78, 5) is 0. The summed E-state index contributed by atoms with van der Waals surface area (Å²) in [5.74, 6) is 0.662. The highest BCUT2D eigenvalue weighted by Crippen LogP contribution is 2.36. The van der Waals surface area contributed by atoms with Gasteiger partial charge in [-0.25, -0.2) is 0 Å². The van der Waals surface area contributed by atoms with Gasteiger partial charge in [-0.15, -0.1) is 0 Å². The van der Waals surface area contributed by atoms with Crippen LogP contribution < -0.4 is 15.9 Å². The number of rotatable bonds is 2. The lowest BCUT2D eigenvalue weighted by atomic mass is 9.79. The fourth-order valence-electron chi connectivity index (χ4n) is 1.88. The molecule has 0 amide bonds. The molecule has 98 valence electrons. The van der Waals surface area contributed by atoms with E-state index < -0.39 is 0 Å². The summed E-state index contributed by atoms with van der Waals surface area (Å²) in [6.07, 6.45) is 0. The minimum absolute atomic E-state index is 0.341. The summed E-state index contributed by atoms with van der Waals surface area (Å²) in [5, 5.41) is 0. The Morgan fingerprint density at radius 1 is 1.11 bits per heavy atom. The molecule has 0 aliphatic carbocycles. The van der Waals surface area contributed by atoms with E-state index in [1.807, 2.05) is 45.9 Å². The van der Waals surface area contributed by atoms with Gasteiger partial charge in [-0.2, -0.15) is 0 Å². The van der Waals surface area contributed by atoms with Crippen LogP contribution in [0.3, 0.4) is 0 Å². The highest BCUT2D eigenvalue weighted by molar-refractivity contribution is 6.62. The molecule has 1 aromatic carbocycles. The zero-order chi connectivity index (χ0) is 13.6. The average Bonchev–Trinajstić information content (AvgIpc) is 2.48. The fraction of sp³-hybridized carbons (Fsp3) is 0.538. The van der Waals surface area contributed by atoms with Crippen LogP contribution in [0.15, 0.2) is 18.2 Å². The van der Waals surface area contributed by atoms with E-state index >= 15 is 0 Å². The Bertz CT molecular complexity index is 444. The molecule has 1 aliphatic rings. The molecule has 1 heterocycles. The van der Waals surface area contributed by atoms with Gasteiger partial charge in [-0.1, -0.05) is 6.07 Å². The molecule has 1 aromatic rings. The van der Waals surface area contributed by atoms with Gasteiger partial charge in [0, 0.05) is 0 Å². The summed E-state index contributed by atoms with van der Waals surface area (Å²) in [7, 11) is 1.21. The van der Waals surface area contributed by atoms with Gasteiger partial charge in [0.25, 0.3) is 0 Å². The summed E-state index contributed by atoms with van der Waals surface area (Å²) >= 11 is 0. The maximum atomic E-state index is 5.96. The van der Waals surface area contributed by atoms with Crippen LogP contribution in [0.4, 0.5) is 5.69 Å². The Hall–Kier alpha value is -1.20. The minimum Gasteiger partial charge on any atom is -0.495 e. The first-order valence-electron chi connectivity index (χ1n) is 6.06. The van der Waals surface area contributed by atoms with E-state index in [-0.39, 0.29) is 18.3 Å².